The second-order valence-electron chi connectivity index (χ2n) is 4.98. The number of carbonyl (C=O) groups is 1. The van der Waals surface area contributed by atoms with Crippen molar-refractivity contribution in [3.63, 3.8) is 0 Å². The molecule has 0 bridgehead atoms. The minimum absolute atomic E-state index is 0.0910. The van der Waals surface area contributed by atoms with Gasteiger partial charge in [-0.25, -0.2) is 4.79 Å². The molecule has 0 N–H and O–H groups in total. The van der Waals surface area contributed by atoms with Crippen LogP contribution in [0.4, 0.5) is 4.79 Å². The molecule has 3 nitrogen and oxygen atoms in total. The van der Waals surface area contributed by atoms with Gasteiger partial charge in [0, 0.05) is 0 Å². The van der Waals surface area contributed by atoms with Crippen LogP contribution in [0.1, 0.15) is 38.8 Å². The number of ether oxygens (including phenoxy) is 2. The van der Waals surface area contributed by atoms with Crippen molar-refractivity contribution >= 4 is 6.16 Å². The van der Waals surface area contributed by atoms with Gasteiger partial charge in [-0.1, -0.05) is 39.8 Å². The second kappa shape index (κ2) is 5.21. The highest BCUT2D eigenvalue weighted by Crippen LogP contribution is 2.28. The first-order valence-corrected chi connectivity index (χ1v) is 5.77. The third-order valence-electron chi connectivity index (χ3n) is 2.67. The molecule has 0 fully saturated rings. The second-order valence-corrected chi connectivity index (χ2v) is 4.98. The molecule has 0 unspecified atom stereocenters. The molecule has 0 aliphatic carbocycles. The Hall–Kier alpha value is -1.51. The fraction of sp³-hybridized carbons (Fsp3) is 0.500. The quantitative estimate of drug-likeness (QED) is 0.580. The fourth-order valence-electron chi connectivity index (χ4n) is 1.55. The van der Waals surface area contributed by atoms with Crippen molar-refractivity contribution in [1.82, 2.24) is 0 Å². The molecule has 0 atom stereocenters. The average molecular weight is 236 g/mol. The maximum absolute atomic E-state index is 11.1. The van der Waals surface area contributed by atoms with E-state index in [2.05, 4.69) is 31.6 Å². The third kappa shape index (κ3) is 3.48. The molecule has 1 rings (SSSR count). The smallest absolute Gasteiger partial charge is 0.437 e. The molecule has 0 radical (unpaired) electrons. The summed E-state index contributed by atoms with van der Waals surface area (Å²) >= 11 is 0. The lowest BCUT2D eigenvalue weighted by Gasteiger charge is -2.20. The summed E-state index contributed by atoms with van der Waals surface area (Å²) < 4.78 is 9.58. The standard InChI is InChI=1S/C14H20O3/c1-6-10-9-11(14(2,3)4)7-8-12(10)17-13(15)16-5/h7-9H,6H2,1-5H3. The Kier molecular flexibility index (Phi) is 4.16. The van der Waals surface area contributed by atoms with Crippen molar-refractivity contribution in [3.05, 3.63) is 29.3 Å². The molecule has 0 amide bonds. The summed E-state index contributed by atoms with van der Waals surface area (Å²) in [6.45, 7) is 8.50. The molecule has 0 heterocycles. The molecule has 0 aliphatic heterocycles. The van der Waals surface area contributed by atoms with Crippen LogP contribution >= 0.6 is 0 Å². The van der Waals surface area contributed by atoms with Crippen LogP contribution in [-0.2, 0) is 16.6 Å². The zero-order valence-corrected chi connectivity index (χ0v) is 11.2. The molecule has 0 saturated heterocycles. The van der Waals surface area contributed by atoms with Crippen molar-refractivity contribution in [2.75, 3.05) is 7.11 Å². The number of benzene rings is 1. The summed E-state index contributed by atoms with van der Waals surface area (Å²) in [5, 5.41) is 0. The van der Waals surface area contributed by atoms with Crippen molar-refractivity contribution in [1.29, 1.82) is 0 Å². The van der Waals surface area contributed by atoms with Gasteiger partial charge in [-0.05, 0) is 29.0 Å². The minimum Gasteiger partial charge on any atom is -0.437 e. The summed E-state index contributed by atoms with van der Waals surface area (Å²) in [5.41, 5.74) is 2.34. The van der Waals surface area contributed by atoms with E-state index in [-0.39, 0.29) is 5.41 Å². The van der Waals surface area contributed by atoms with Crippen molar-refractivity contribution < 1.29 is 14.3 Å². The summed E-state index contributed by atoms with van der Waals surface area (Å²) in [4.78, 5) is 11.1. The van der Waals surface area contributed by atoms with Crippen molar-refractivity contribution in [2.45, 2.75) is 39.5 Å². The molecular formula is C14H20O3. The van der Waals surface area contributed by atoms with Gasteiger partial charge in [0.15, 0.2) is 0 Å². The lowest BCUT2D eigenvalue weighted by atomic mass is 9.86. The topological polar surface area (TPSA) is 35.5 Å². The summed E-state index contributed by atoms with van der Waals surface area (Å²) in [6, 6.07) is 5.89. The van der Waals surface area contributed by atoms with Gasteiger partial charge >= 0.3 is 6.16 Å². The Labute approximate surface area is 103 Å². The van der Waals surface area contributed by atoms with Crippen molar-refractivity contribution in [2.24, 2.45) is 0 Å². The largest absolute Gasteiger partial charge is 0.513 e. The number of hydrogen-bond donors (Lipinski definition) is 0. The Morgan fingerprint density at radius 3 is 2.41 bits per heavy atom. The van der Waals surface area contributed by atoms with Crippen LogP contribution < -0.4 is 4.74 Å². The average Bonchev–Trinajstić information content (AvgIpc) is 2.27. The van der Waals surface area contributed by atoms with Gasteiger partial charge in [0.1, 0.15) is 5.75 Å². The maximum atomic E-state index is 11.1. The van der Waals surface area contributed by atoms with E-state index in [0.29, 0.717) is 5.75 Å². The first-order chi connectivity index (χ1) is 7.88. The normalized spacial score (nSPS) is 11.1. The Bertz CT molecular complexity index is 402. The lowest BCUT2D eigenvalue weighted by Crippen LogP contribution is -2.13. The van der Waals surface area contributed by atoms with E-state index in [0.717, 1.165) is 12.0 Å². The predicted octanol–water partition coefficient (Wildman–Crippen LogP) is 3.69. The number of hydrogen-bond acceptors (Lipinski definition) is 3. The Balaban J connectivity index is 3.06. The maximum Gasteiger partial charge on any atom is 0.513 e. The van der Waals surface area contributed by atoms with E-state index in [1.807, 2.05) is 19.1 Å². The lowest BCUT2D eigenvalue weighted by molar-refractivity contribution is 0.121. The van der Waals surface area contributed by atoms with Gasteiger partial charge in [-0.2, -0.15) is 0 Å². The first-order valence-electron chi connectivity index (χ1n) is 5.77. The molecular weight excluding hydrogens is 216 g/mol. The Morgan fingerprint density at radius 2 is 1.94 bits per heavy atom. The third-order valence-corrected chi connectivity index (χ3v) is 2.67. The van der Waals surface area contributed by atoms with E-state index in [1.165, 1.54) is 12.7 Å². The number of methoxy groups -OCH3 is 1. The molecule has 0 spiro atoms. The molecule has 3 heteroatoms. The van der Waals surface area contributed by atoms with E-state index in [1.54, 1.807) is 0 Å². The molecule has 94 valence electrons. The monoisotopic (exact) mass is 236 g/mol. The molecule has 0 saturated carbocycles. The van der Waals surface area contributed by atoms with Gasteiger partial charge in [0.05, 0.1) is 7.11 Å². The molecule has 1 aromatic rings. The minimum atomic E-state index is -0.678. The van der Waals surface area contributed by atoms with Crippen LogP contribution in [0.5, 0.6) is 5.75 Å². The Morgan fingerprint density at radius 1 is 1.29 bits per heavy atom. The molecule has 1 aromatic carbocycles. The highest BCUT2D eigenvalue weighted by Gasteiger charge is 2.16. The van der Waals surface area contributed by atoms with Gasteiger partial charge < -0.3 is 9.47 Å². The van der Waals surface area contributed by atoms with Crippen LogP contribution in [0.3, 0.4) is 0 Å². The first kappa shape index (κ1) is 13.6. The van der Waals surface area contributed by atoms with E-state index in [4.69, 9.17) is 4.74 Å². The van der Waals surface area contributed by atoms with Gasteiger partial charge in [-0.15, -0.1) is 0 Å². The zero-order valence-electron chi connectivity index (χ0n) is 11.2. The fourth-order valence-corrected chi connectivity index (χ4v) is 1.55. The van der Waals surface area contributed by atoms with Gasteiger partial charge in [0.25, 0.3) is 0 Å². The van der Waals surface area contributed by atoms with Crippen LogP contribution in [-0.4, -0.2) is 13.3 Å². The number of carbonyl (C=O) groups excluding carboxylic acids is 1. The predicted molar refractivity (Wildman–Crippen MR) is 67.6 cm³/mol. The highest BCUT2D eigenvalue weighted by atomic mass is 16.7. The molecule has 0 aliphatic rings. The van der Waals surface area contributed by atoms with Crippen LogP contribution in [0.25, 0.3) is 0 Å². The van der Waals surface area contributed by atoms with Gasteiger partial charge in [-0.3, -0.25) is 0 Å². The van der Waals surface area contributed by atoms with Crippen LogP contribution in [0.2, 0.25) is 0 Å². The number of aryl methyl sites for hydroxylation is 1. The summed E-state index contributed by atoms with van der Waals surface area (Å²) in [7, 11) is 1.30. The summed E-state index contributed by atoms with van der Waals surface area (Å²) in [5.74, 6) is 0.576. The highest BCUT2D eigenvalue weighted by molar-refractivity contribution is 5.64. The van der Waals surface area contributed by atoms with Crippen molar-refractivity contribution in [3.8, 4) is 5.75 Å². The van der Waals surface area contributed by atoms with E-state index < -0.39 is 6.16 Å². The van der Waals surface area contributed by atoms with Gasteiger partial charge in [0.2, 0.25) is 0 Å². The summed E-state index contributed by atoms with van der Waals surface area (Å²) in [6.07, 6.45) is 0.138. The van der Waals surface area contributed by atoms with Crippen LogP contribution in [0, 0.1) is 0 Å². The SMILES string of the molecule is CCc1cc(C(C)(C)C)ccc1OC(=O)OC. The molecule has 0 aromatic heterocycles. The van der Waals surface area contributed by atoms with E-state index >= 15 is 0 Å². The molecule has 17 heavy (non-hydrogen) atoms. The number of rotatable bonds is 2. The zero-order chi connectivity index (χ0) is 13.1. The van der Waals surface area contributed by atoms with E-state index in [9.17, 15) is 4.79 Å². The van der Waals surface area contributed by atoms with Crippen LogP contribution in [0.15, 0.2) is 18.2 Å².